The minimum atomic E-state index is 0.100. The molecule has 0 aliphatic carbocycles. The average molecular weight is 286 g/mol. The highest BCUT2D eigenvalue weighted by molar-refractivity contribution is 5.77. The van der Waals surface area contributed by atoms with Crippen molar-refractivity contribution in [2.75, 3.05) is 67.0 Å². The van der Waals surface area contributed by atoms with Gasteiger partial charge in [0.2, 0.25) is 0 Å². The summed E-state index contributed by atoms with van der Waals surface area (Å²) in [6.45, 7) is 6.07. The molecule has 1 amide bonds. The third-order valence-corrected chi connectivity index (χ3v) is 3.97. The molecule has 0 aromatic heterocycles. The van der Waals surface area contributed by atoms with Gasteiger partial charge >= 0.3 is 0 Å². The van der Waals surface area contributed by atoms with Gasteiger partial charge in [-0.2, -0.15) is 0 Å². The van der Waals surface area contributed by atoms with Gasteiger partial charge in [0.15, 0.2) is 12.5 Å². The van der Waals surface area contributed by atoms with Gasteiger partial charge in [-0.1, -0.05) is 0 Å². The van der Waals surface area contributed by atoms with Crippen LogP contribution in [0, 0.1) is 0 Å². The lowest BCUT2D eigenvalue weighted by molar-refractivity contribution is -1.00. The molecule has 0 atom stereocenters. The zero-order valence-electron chi connectivity index (χ0n) is 13.1. The molecule has 0 aromatic carbocycles. The minimum Gasteiger partial charge on any atom is -0.370 e. The Morgan fingerprint density at radius 3 is 2.30 bits per heavy atom. The molecule has 7 heteroatoms. The van der Waals surface area contributed by atoms with Crippen molar-refractivity contribution in [3.8, 4) is 0 Å². The molecule has 0 saturated carbocycles. The van der Waals surface area contributed by atoms with Crippen molar-refractivity contribution in [2.45, 2.75) is 6.42 Å². The number of carbonyl (C=O) groups excluding carboxylic acids is 1. The number of hydrogen-bond acceptors (Lipinski definition) is 2. The van der Waals surface area contributed by atoms with E-state index in [0.29, 0.717) is 19.6 Å². The second kappa shape index (κ2) is 6.90. The first-order chi connectivity index (χ1) is 9.22. The normalized spacial score (nSPS) is 20.1. The van der Waals surface area contributed by atoms with Gasteiger partial charge in [0, 0.05) is 13.1 Å². The lowest BCUT2D eigenvalue weighted by atomic mass is 10.2. The third kappa shape index (κ3) is 6.21. The fraction of sp³-hybridized carbons (Fsp3) is 0.846. The number of nitrogens with two attached hydrogens (primary N) is 2. The van der Waals surface area contributed by atoms with E-state index in [-0.39, 0.29) is 11.9 Å². The summed E-state index contributed by atoms with van der Waals surface area (Å²) in [5, 5.41) is 2.94. The molecule has 7 nitrogen and oxygen atoms in total. The van der Waals surface area contributed by atoms with Gasteiger partial charge < -0.3 is 25.8 Å². The molecule has 1 heterocycles. The number of nitrogens with zero attached hydrogens (tertiary/aromatic N) is 3. The summed E-state index contributed by atoms with van der Waals surface area (Å²) in [6.07, 6.45) is 0.761. The van der Waals surface area contributed by atoms with Gasteiger partial charge in [0.1, 0.15) is 26.2 Å². The van der Waals surface area contributed by atoms with E-state index in [1.54, 1.807) is 0 Å². The Hall–Kier alpha value is -1.34. The molecule has 1 rings (SSSR count). The predicted octanol–water partition coefficient (Wildman–Crippen LogP) is -1.70. The minimum absolute atomic E-state index is 0.100. The van der Waals surface area contributed by atoms with E-state index in [0.717, 1.165) is 41.6 Å². The molecule has 0 aromatic rings. The topological polar surface area (TPSA) is 93.5 Å². The van der Waals surface area contributed by atoms with Crippen LogP contribution in [0.5, 0.6) is 0 Å². The number of quaternary nitrogens is 2. The Bertz CT molecular complexity index is 352. The highest BCUT2D eigenvalue weighted by atomic mass is 16.2. The molecule has 0 unspecified atom stereocenters. The zero-order valence-corrected chi connectivity index (χ0v) is 13.1. The molecule has 1 fully saturated rings. The molecule has 116 valence electrons. The summed E-state index contributed by atoms with van der Waals surface area (Å²) in [5.41, 5.74) is 10.5. The van der Waals surface area contributed by atoms with E-state index in [1.165, 1.54) is 0 Å². The number of piperazine rings is 1. The maximum atomic E-state index is 12.0. The van der Waals surface area contributed by atoms with Gasteiger partial charge in [0.25, 0.3) is 5.91 Å². The Morgan fingerprint density at radius 1 is 1.15 bits per heavy atom. The summed E-state index contributed by atoms with van der Waals surface area (Å²) in [5.74, 6) is 0.216. The van der Waals surface area contributed by atoms with Gasteiger partial charge in [-0.15, -0.1) is 0 Å². The summed E-state index contributed by atoms with van der Waals surface area (Å²) in [4.78, 5) is 15.8. The van der Waals surface area contributed by atoms with Crippen molar-refractivity contribution in [1.29, 1.82) is 0 Å². The van der Waals surface area contributed by atoms with Crippen LogP contribution in [-0.2, 0) is 4.79 Å². The second-order valence-electron chi connectivity index (χ2n) is 6.62. The van der Waals surface area contributed by atoms with E-state index < -0.39 is 0 Å². The van der Waals surface area contributed by atoms with Crippen LogP contribution in [-0.4, -0.2) is 87.8 Å². The van der Waals surface area contributed by atoms with Gasteiger partial charge in [-0.05, 0) is 6.42 Å². The number of amides is 1. The van der Waals surface area contributed by atoms with Gasteiger partial charge in [-0.25, -0.2) is 0 Å². The molecule has 5 N–H and O–H groups in total. The first-order valence-electron chi connectivity index (χ1n) is 7.20. The van der Waals surface area contributed by atoms with E-state index in [4.69, 9.17) is 11.5 Å². The maximum Gasteiger partial charge on any atom is 0.275 e. The number of carbonyl (C=O) groups is 1. The van der Waals surface area contributed by atoms with E-state index in [1.807, 2.05) is 0 Å². The smallest absolute Gasteiger partial charge is 0.275 e. The predicted molar refractivity (Wildman–Crippen MR) is 80.9 cm³/mol. The van der Waals surface area contributed by atoms with Gasteiger partial charge in [0.05, 0.1) is 21.1 Å². The Morgan fingerprint density at radius 2 is 1.75 bits per heavy atom. The molecule has 1 aliphatic rings. The molecular weight excluding hydrogens is 256 g/mol. The van der Waals surface area contributed by atoms with Crippen molar-refractivity contribution in [3.63, 3.8) is 0 Å². The highest BCUT2D eigenvalue weighted by Gasteiger charge is 2.35. The number of rotatable bonds is 6. The number of guanidine groups is 1. The van der Waals surface area contributed by atoms with Crippen LogP contribution < -0.4 is 16.8 Å². The number of hydrogen-bond donors (Lipinski definition) is 3. The quantitative estimate of drug-likeness (QED) is 0.235. The highest BCUT2D eigenvalue weighted by Crippen LogP contribution is 2.12. The average Bonchev–Trinajstić information content (AvgIpc) is 2.33. The Kier molecular flexibility index (Phi) is 5.76. The molecule has 0 radical (unpaired) electrons. The molecule has 1 saturated heterocycles. The summed E-state index contributed by atoms with van der Waals surface area (Å²) >= 11 is 0. The largest absolute Gasteiger partial charge is 0.370 e. The first kappa shape index (κ1) is 16.7. The first-order valence-corrected chi connectivity index (χ1v) is 7.20. The van der Waals surface area contributed by atoms with Crippen molar-refractivity contribution in [2.24, 2.45) is 16.5 Å². The maximum absolute atomic E-state index is 12.0. The molecule has 20 heavy (non-hydrogen) atoms. The lowest BCUT2D eigenvalue weighted by Crippen LogP contribution is -2.64. The van der Waals surface area contributed by atoms with Crippen molar-refractivity contribution in [3.05, 3.63) is 0 Å². The van der Waals surface area contributed by atoms with Gasteiger partial charge in [-0.3, -0.25) is 9.79 Å². The monoisotopic (exact) mass is 286 g/mol. The molecule has 0 spiro atoms. The van der Waals surface area contributed by atoms with E-state index >= 15 is 0 Å². The van der Waals surface area contributed by atoms with Crippen molar-refractivity contribution >= 4 is 11.9 Å². The van der Waals surface area contributed by atoms with Crippen LogP contribution in [0.15, 0.2) is 4.99 Å². The van der Waals surface area contributed by atoms with Crippen molar-refractivity contribution < 1.29 is 13.8 Å². The Balaban J connectivity index is 2.23. The van der Waals surface area contributed by atoms with Crippen LogP contribution in [0.3, 0.4) is 0 Å². The number of aliphatic imine (C=N–C) groups is 1. The fourth-order valence-corrected chi connectivity index (χ4v) is 2.32. The summed E-state index contributed by atoms with van der Waals surface area (Å²) in [7, 11) is 6.65. The molecular formula is C13H30N6O+2. The van der Waals surface area contributed by atoms with Crippen LogP contribution in [0.1, 0.15) is 6.42 Å². The Labute approximate surface area is 121 Å². The number of nitrogens with one attached hydrogen (secondary N) is 1. The third-order valence-electron chi connectivity index (χ3n) is 3.97. The molecule has 1 aliphatic heterocycles. The SMILES string of the molecule is C[N+]1(C)CC[N+](C)(CC(=O)NCCCN=C(N)N)CC1. The van der Waals surface area contributed by atoms with Crippen LogP contribution >= 0.6 is 0 Å². The van der Waals surface area contributed by atoms with Crippen LogP contribution in [0.2, 0.25) is 0 Å². The van der Waals surface area contributed by atoms with E-state index in [2.05, 4.69) is 31.5 Å². The van der Waals surface area contributed by atoms with Crippen LogP contribution in [0.4, 0.5) is 0 Å². The summed E-state index contributed by atoms with van der Waals surface area (Å²) in [6, 6.07) is 0. The van der Waals surface area contributed by atoms with Crippen molar-refractivity contribution in [1.82, 2.24) is 5.32 Å². The van der Waals surface area contributed by atoms with Crippen LogP contribution in [0.25, 0.3) is 0 Å². The summed E-state index contributed by atoms with van der Waals surface area (Å²) < 4.78 is 1.88. The second-order valence-corrected chi connectivity index (χ2v) is 6.62. The molecule has 0 bridgehead atoms. The van der Waals surface area contributed by atoms with E-state index in [9.17, 15) is 4.79 Å². The standard InChI is InChI=1S/C13H29N6O/c1-18(2)7-9-19(3,10-8-18)11-12(20)16-5-4-6-17-13(14)15/h4-11H2,1-3H3,(H4-,14,15,16,17,20)/q+1/p+1. The lowest BCUT2D eigenvalue weighted by Gasteiger charge is -2.44. The zero-order chi connectivity index (χ0) is 15.2. The fourth-order valence-electron chi connectivity index (χ4n) is 2.32. The number of likely N-dealkylation sites (N-methyl/N-ethyl adjacent to an activating group) is 2.